The van der Waals surface area contributed by atoms with Gasteiger partial charge in [-0.3, -0.25) is 19.5 Å². The third kappa shape index (κ3) is 9.62. The molecule has 3 aliphatic rings. The molecule has 8 nitrogen and oxygen atoms in total. The number of likely N-dealkylation sites (tertiary alicyclic amines) is 1. The second-order valence-electron chi connectivity index (χ2n) is 12.9. The molecule has 3 saturated heterocycles. The number of amides is 2. The van der Waals surface area contributed by atoms with E-state index in [2.05, 4.69) is 14.7 Å². The van der Waals surface area contributed by atoms with Crippen molar-refractivity contribution in [2.45, 2.75) is 83.8 Å². The van der Waals surface area contributed by atoms with Gasteiger partial charge in [0.25, 0.3) is 0 Å². The van der Waals surface area contributed by atoms with Crippen LogP contribution in [-0.2, 0) is 9.53 Å². The number of hydrogen-bond donors (Lipinski definition) is 0. The van der Waals surface area contributed by atoms with Crippen molar-refractivity contribution in [3.63, 3.8) is 0 Å². The maximum Gasteiger partial charge on any atom is 0.410 e. The van der Waals surface area contributed by atoms with E-state index >= 15 is 4.39 Å². The lowest BCUT2D eigenvalue weighted by atomic mass is 10.0. The van der Waals surface area contributed by atoms with Crippen LogP contribution in [0.5, 0.6) is 0 Å². The average Bonchev–Trinajstić information content (AvgIpc) is 3.27. The molecule has 1 unspecified atom stereocenters. The summed E-state index contributed by atoms with van der Waals surface area (Å²) >= 11 is 0. The molecule has 0 aromatic rings. The van der Waals surface area contributed by atoms with Crippen molar-refractivity contribution >= 4 is 12.0 Å². The SMILES string of the molecule is CC(C)(F)CN1CCN(CCC(C)(F)CN2CCN(C(=O)[C@@H]3CCCN3C(=O)OC(C)(C)C)CC2)CC1. The smallest absolute Gasteiger partial charge is 0.410 e. The first kappa shape index (κ1) is 30.0. The first-order chi connectivity index (χ1) is 17.1. The Morgan fingerprint density at radius 1 is 0.784 bits per heavy atom. The van der Waals surface area contributed by atoms with E-state index in [1.807, 2.05) is 25.7 Å². The fraction of sp³-hybridized carbons (Fsp3) is 0.926. The van der Waals surface area contributed by atoms with Gasteiger partial charge in [-0.2, -0.15) is 0 Å². The molecule has 0 radical (unpaired) electrons. The molecule has 3 fully saturated rings. The van der Waals surface area contributed by atoms with Crippen molar-refractivity contribution in [3.8, 4) is 0 Å². The van der Waals surface area contributed by atoms with Gasteiger partial charge in [0.1, 0.15) is 23.0 Å². The highest BCUT2D eigenvalue weighted by Gasteiger charge is 2.40. The molecule has 214 valence electrons. The van der Waals surface area contributed by atoms with Crippen molar-refractivity contribution in [2.75, 3.05) is 78.5 Å². The zero-order valence-electron chi connectivity index (χ0n) is 23.9. The maximum absolute atomic E-state index is 15.4. The van der Waals surface area contributed by atoms with Gasteiger partial charge >= 0.3 is 6.09 Å². The average molecular weight is 530 g/mol. The summed E-state index contributed by atoms with van der Waals surface area (Å²) in [7, 11) is 0. The number of rotatable bonds is 8. The molecule has 0 saturated carbocycles. The van der Waals surface area contributed by atoms with Gasteiger partial charge in [0, 0.05) is 78.5 Å². The van der Waals surface area contributed by atoms with E-state index in [4.69, 9.17) is 4.74 Å². The van der Waals surface area contributed by atoms with Crippen molar-refractivity contribution < 1.29 is 23.1 Å². The molecule has 0 aliphatic carbocycles. The van der Waals surface area contributed by atoms with Crippen molar-refractivity contribution in [1.29, 1.82) is 0 Å². The molecule has 3 aliphatic heterocycles. The minimum Gasteiger partial charge on any atom is -0.444 e. The second-order valence-corrected chi connectivity index (χ2v) is 12.9. The largest absolute Gasteiger partial charge is 0.444 e. The van der Waals surface area contributed by atoms with Gasteiger partial charge in [-0.1, -0.05) is 0 Å². The van der Waals surface area contributed by atoms with Crippen LogP contribution in [-0.4, -0.2) is 138 Å². The minimum atomic E-state index is -1.32. The number of carbonyl (C=O) groups excluding carboxylic acids is 2. The van der Waals surface area contributed by atoms with E-state index in [0.29, 0.717) is 65.2 Å². The minimum absolute atomic E-state index is 0.0266. The Hall–Kier alpha value is -1.52. The van der Waals surface area contributed by atoms with Gasteiger partial charge in [0.15, 0.2) is 0 Å². The molecule has 0 aromatic carbocycles. The predicted molar refractivity (Wildman–Crippen MR) is 141 cm³/mol. The Morgan fingerprint density at radius 2 is 1.32 bits per heavy atom. The monoisotopic (exact) mass is 529 g/mol. The number of halogens is 2. The van der Waals surface area contributed by atoms with E-state index in [9.17, 15) is 14.0 Å². The molecule has 0 N–H and O–H groups in total. The summed E-state index contributed by atoms with van der Waals surface area (Å²) in [5.74, 6) is -0.0266. The van der Waals surface area contributed by atoms with Crippen molar-refractivity contribution in [3.05, 3.63) is 0 Å². The fourth-order valence-electron chi connectivity index (χ4n) is 5.54. The van der Waals surface area contributed by atoms with E-state index in [1.54, 1.807) is 25.7 Å². The van der Waals surface area contributed by atoms with Crippen molar-refractivity contribution in [1.82, 2.24) is 24.5 Å². The fourth-order valence-corrected chi connectivity index (χ4v) is 5.54. The van der Waals surface area contributed by atoms with Crippen LogP contribution < -0.4 is 0 Å². The molecule has 2 atom stereocenters. The Balaban J connectivity index is 1.39. The third-order valence-electron chi connectivity index (χ3n) is 7.42. The first-order valence-corrected chi connectivity index (χ1v) is 14.0. The molecule has 0 aromatic heterocycles. The standard InChI is InChI=1S/C27H49F2N5O3/c1-25(2,3)37-24(36)34-10-7-8-22(34)23(35)33-18-16-32(17-19-33)21-27(6,29)9-11-30-12-14-31(15-13-30)20-26(4,5)28/h22H,7-21H2,1-6H3/t22-,27?/m0/s1. The third-order valence-corrected chi connectivity index (χ3v) is 7.42. The number of piperazine rings is 2. The normalized spacial score (nSPS) is 24.8. The molecular weight excluding hydrogens is 480 g/mol. The van der Waals surface area contributed by atoms with Crippen LogP contribution >= 0.6 is 0 Å². The van der Waals surface area contributed by atoms with E-state index < -0.39 is 29.1 Å². The van der Waals surface area contributed by atoms with E-state index in [-0.39, 0.29) is 5.91 Å². The van der Waals surface area contributed by atoms with Crippen LogP contribution in [0.25, 0.3) is 0 Å². The number of ether oxygens (including phenoxy) is 1. The molecule has 3 heterocycles. The molecule has 2 amide bonds. The maximum atomic E-state index is 15.4. The van der Waals surface area contributed by atoms with Crippen LogP contribution in [0.1, 0.15) is 60.8 Å². The van der Waals surface area contributed by atoms with Crippen LogP contribution in [0.2, 0.25) is 0 Å². The van der Waals surface area contributed by atoms with E-state index in [1.165, 1.54) is 0 Å². The highest BCUT2D eigenvalue weighted by molar-refractivity contribution is 5.86. The highest BCUT2D eigenvalue weighted by Crippen LogP contribution is 2.24. The molecule has 3 rings (SSSR count). The Labute approximate surface area is 222 Å². The zero-order valence-corrected chi connectivity index (χ0v) is 23.9. The van der Waals surface area contributed by atoms with Crippen LogP contribution in [0, 0.1) is 0 Å². The van der Waals surface area contributed by atoms with Gasteiger partial charge in [-0.15, -0.1) is 0 Å². The highest BCUT2D eigenvalue weighted by atomic mass is 19.1. The molecule has 10 heteroatoms. The van der Waals surface area contributed by atoms with Crippen molar-refractivity contribution in [2.24, 2.45) is 0 Å². The van der Waals surface area contributed by atoms with Gasteiger partial charge in [-0.25, -0.2) is 13.6 Å². The van der Waals surface area contributed by atoms with Crippen LogP contribution in [0.15, 0.2) is 0 Å². The van der Waals surface area contributed by atoms with Gasteiger partial charge in [0.2, 0.25) is 5.91 Å². The molecular formula is C27H49F2N5O3. The zero-order chi connectivity index (χ0) is 27.4. The van der Waals surface area contributed by atoms with Gasteiger partial charge < -0.3 is 14.5 Å². The lowest BCUT2D eigenvalue weighted by molar-refractivity contribution is -0.137. The summed E-state index contributed by atoms with van der Waals surface area (Å²) < 4.78 is 34.8. The Morgan fingerprint density at radius 3 is 1.89 bits per heavy atom. The summed E-state index contributed by atoms with van der Waals surface area (Å²) in [5.41, 5.74) is -3.11. The Bertz CT molecular complexity index is 767. The summed E-state index contributed by atoms with van der Waals surface area (Å²) in [6, 6.07) is -0.468. The summed E-state index contributed by atoms with van der Waals surface area (Å²) in [5, 5.41) is 0. The second kappa shape index (κ2) is 12.1. The number of alkyl halides is 2. The van der Waals surface area contributed by atoms with Crippen LogP contribution in [0.4, 0.5) is 13.6 Å². The first-order valence-electron chi connectivity index (χ1n) is 14.0. The summed E-state index contributed by atoms with van der Waals surface area (Å²) in [6.45, 7) is 18.0. The lowest BCUT2D eigenvalue weighted by Crippen LogP contribution is -2.56. The summed E-state index contributed by atoms with van der Waals surface area (Å²) in [4.78, 5) is 35.7. The Kier molecular flexibility index (Phi) is 9.83. The van der Waals surface area contributed by atoms with E-state index in [0.717, 1.165) is 32.6 Å². The number of hydrogen-bond acceptors (Lipinski definition) is 6. The van der Waals surface area contributed by atoms with Crippen LogP contribution in [0.3, 0.4) is 0 Å². The quantitative estimate of drug-likeness (QED) is 0.482. The predicted octanol–water partition coefficient (Wildman–Crippen LogP) is 3.01. The van der Waals surface area contributed by atoms with Gasteiger partial charge in [0.05, 0.1) is 0 Å². The molecule has 37 heavy (non-hydrogen) atoms. The number of nitrogens with zero attached hydrogens (tertiary/aromatic N) is 5. The lowest BCUT2D eigenvalue weighted by Gasteiger charge is -2.40. The molecule has 0 spiro atoms. The topological polar surface area (TPSA) is 59.6 Å². The molecule has 0 bridgehead atoms. The van der Waals surface area contributed by atoms with Gasteiger partial charge in [-0.05, 0) is 60.8 Å². The number of carbonyl (C=O) groups is 2. The summed E-state index contributed by atoms with van der Waals surface area (Å²) in [6.07, 6.45) is 1.47.